The molecular formula is C17H17NO3S2. The fourth-order valence-electron chi connectivity index (χ4n) is 1.86. The second-order valence-electron chi connectivity index (χ2n) is 4.89. The summed E-state index contributed by atoms with van der Waals surface area (Å²) in [7, 11) is -3.23. The van der Waals surface area contributed by atoms with Gasteiger partial charge < -0.3 is 5.32 Å². The molecular weight excluding hydrogens is 330 g/mol. The lowest BCUT2D eigenvalue weighted by molar-refractivity contribution is -0.111. The summed E-state index contributed by atoms with van der Waals surface area (Å²) in [6.45, 7) is 0. The van der Waals surface area contributed by atoms with Gasteiger partial charge in [0, 0.05) is 22.9 Å². The molecule has 0 radical (unpaired) electrons. The van der Waals surface area contributed by atoms with E-state index in [9.17, 15) is 13.2 Å². The third-order valence-electron chi connectivity index (χ3n) is 3.09. The SMILES string of the molecule is CSc1ccc(C=CC(=O)Nc2ccc(S(C)(=O)=O)cc2)cc1. The average molecular weight is 347 g/mol. The molecule has 1 N–H and O–H groups in total. The van der Waals surface area contributed by atoms with E-state index in [2.05, 4.69) is 5.32 Å². The van der Waals surface area contributed by atoms with Gasteiger partial charge in [-0.2, -0.15) is 0 Å². The Hall–Kier alpha value is -2.05. The number of carbonyl (C=O) groups excluding carboxylic acids is 1. The number of amides is 1. The van der Waals surface area contributed by atoms with Crippen molar-refractivity contribution in [2.75, 3.05) is 17.8 Å². The van der Waals surface area contributed by atoms with Gasteiger partial charge in [-0.05, 0) is 54.3 Å². The zero-order chi connectivity index (χ0) is 16.9. The minimum absolute atomic E-state index is 0.222. The summed E-state index contributed by atoms with van der Waals surface area (Å²) >= 11 is 1.66. The van der Waals surface area contributed by atoms with E-state index in [1.807, 2.05) is 30.5 Å². The zero-order valence-corrected chi connectivity index (χ0v) is 14.4. The third-order valence-corrected chi connectivity index (χ3v) is 4.97. The van der Waals surface area contributed by atoms with E-state index in [1.165, 1.54) is 18.2 Å². The van der Waals surface area contributed by atoms with Gasteiger partial charge >= 0.3 is 0 Å². The molecule has 0 atom stereocenters. The lowest BCUT2D eigenvalue weighted by Gasteiger charge is -2.03. The summed E-state index contributed by atoms with van der Waals surface area (Å²) < 4.78 is 22.7. The lowest BCUT2D eigenvalue weighted by atomic mass is 10.2. The van der Waals surface area contributed by atoms with Crippen LogP contribution in [0.15, 0.2) is 64.4 Å². The molecule has 0 aromatic heterocycles. The van der Waals surface area contributed by atoms with E-state index in [-0.39, 0.29) is 10.8 Å². The summed E-state index contributed by atoms with van der Waals surface area (Å²) in [5, 5.41) is 2.69. The van der Waals surface area contributed by atoms with Gasteiger partial charge in [-0.1, -0.05) is 12.1 Å². The molecule has 120 valence electrons. The van der Waals surface area contributed by atoms with Crippen LogP contribution in [0.25, 0.3) is 6.08 Å². The molecule has 2 rings (SSSR count). The number of rotatable bonds is 5. The largest absolute Gasteiger partial charge is 0.323 e. The van der Waals surface area contributed by atoms with Crippen LogP contribution in [0.4, 0.5) is 5.69 Å². The fourth-order valence-corrected chi connectivity index (χ4v) is 2.90. The van der Waals surface area contributed by atoms with Crippen LogP contribution in [-0.2, 0) is 14.6 Å². The summed E-state index contributed by atoms with van der Waals surface area (Å²) in [5.74, 6) is -0.272. The van der Waals surface area contributed by atoms with Crippen LogP contribution >= 0.6 is 11.8 Å². The van der Waals surface area contributed by atoms with Crippen LogP contribution < -0.4 is 5.32 Å². The van der Waals surface area contributed by atoms with Gasteiger partial charge in [0.15, 0.2) is 9.84 Å². The van der Waals surface area contributed by atoms with E-state index >= 15 is 0 Å². The quantitative estimate of drug-likeness (QED) is 0.664. The Morgan fingerprint density at radius 2 is 1.65 bits per heavy atom. The van der Waals surface area contributed by atoms with Crippen LogP contribution in [0.3, 0.4) is 0 Å². The smallest absolute Gasteiger partial charge is 0.248 e. The van der Waals surface area contributed by atoms with Gasteiger partial charge in [-0.15, -0.1) is 11.8 Å². The topological polar surface area (TPSA) is 63.2 Å². The van der Waals surface area contributed by atoms with Crippen molar-refractivity contribution in [2.24, 2.45) is 0 Å². The van der Waals surface area contributed by atoms with Crippen molar-refractivity contribution in [1.82, 2.24) is 0 Å². The first-order valence-electron chi connectivity index (χ1n) is 6.82. The molecule has 0 aliphatic heterocycles. The molecule has 0 heterocycles. The maximum atomic E-state index is 11.9. The predicted octanol–water partition coefficient (Wildman–Crippen LogP) is 3.46. The molecule has 0 fully saturated rings. The molecule has 0 aliphatic rings. The Morgan fingerprint density at radius 1 is 1.04 bits per heavy atom. The number of anilines is 1. The molecule has 23 heavy (non-hydrogen) atoms. The monoisotopic (exact) mass is 347 g/mol. The van der Waals surface area contributed by atoms with E-state index in [1.54, 1.807) is 30.0 Å². The number of thioether (sulfide) groups is 1. The molecule has 4 nitrogen and oxygen atoms in total. The van der Waals surface area contributed by atoms with Crippen molar-refractivity contribution in [1.29, 1.82) is 0 Å². The number of hydrogen-bond donors (Lipinski definition) is 1. The first-order chi connectivity index (χ1) is 10.9. The number of sulfone groups is 1. The Morgan fingerprint density at radius 3 is 2.17 bits per heavy atom. The Kier molecular flexibility index (Phi) is 5.63. The minimum atomic E-state index is -3.23. The summed E-state index contributed by atoms with van der Waals surface area (Å²) in [6.07, 6.45) is 6.32. The van der Waals surface area contributed by atoms with Gasteiger partial charge in [-0.3, -0.25) is 4.79 Å². The van der Waals surface area contributed by atoms with Gasteiger partial charge in [0.2, 0.25) is 5.91 Å². The molecule has 2 aromatic rings. The van der Waals surface area contributed by atoms with Gasteiger partial charge in [0.1, 0.15) is 0 Å². The van der Waals surface area contributed by atoms with E-state index in [0.29, 0.717) is 5.69 Å². The number of carbonyl (C=O) groups is 1. The maximum absolute atomic E-state index is 11.9. The van der Waals surface area contributed by atoms with Crippen molar-refractivity contribution in [3.05, 3.63) is 60.2 Å². The molecule has 0 spiro atoms. The Labute approximate surface area is 140 Å². The highest BCUT2D eigenvalue weighted by atomic mass is 32.2. The van der Waals surface area contributed by atoms with Crippen molar-refractivity contribution in [2.45, 2.75) is 9.79 Å². The molecule has 1 amide bonds. The highest BCUT2D eigenvalue weighted by molar-refractivity contribution is 7.98. The Bertz CT molecular complexity index is 808. The Balaban J connectivity index is 1.99. The number of benzene rings is 2. The van der Waals surface area contributed by atoms with E-state index < -0.39 is 9.84 Å². The van der Waals surface area contributed by atoms with E-state index in [4.69, 9.17) is 0 Å². The van der Waals surface area contributed by atoms with Crippen molar-refractivity contribution in [3.63, 3.8) is 0 Å². The van der Waals surface area contributed by atoms with Crippen LogP contribution in [0.1, 0.15) is 5.56 Å². The van der Waals surface area contributed by atoms with Gasteiger partial charge in [0.05, 0.1) is 4.90 Å². The normalized spacial score (nSPS) is 11.6. The van der Waals surface area contributed by atoms with Crippen molar-refractivity contribution >= 4 is 39.3 Å². The maximum Gasteiger partial charge on any atom is 0.248 e. The first kappa shape index (κ1) is 17.3. The third kappa shape index (κ3) is 5.26. The van der Waals surface area contributed by atoms with Crippen LogP contribution in [-0.4, -0.2) is 26.8 Å². The molecule has 0 bridgehead atoms. The minimum Gasteiger partial charge on any atom is -0.323 e. The molecule has 0 aliphatic carbocycles. The predicted molar refractivity (Wildman–Crippen MR) is 95.4 cm³/mol. The molecule has 2 aromatic carbocycles. The average Bonchev–Trinajstić information content (AvgIpc) is 2.53. The highest BCUT2D eigenvalue weighted by Gasteiger charge is 2.06. The summed E-state index contributed by atoms with van der Waals surface area (Å²) in [5.41, 5.74) is 1.48. The molecule has 0 saturated carbocycles. The zero-order valence-electron chi connectivity index (χ0n) is 12.8. The summed E-state index contributed by atoms with van der Waals surface area (Å²) in [6, 6.07) is 13.9. The van der Waals surface area contributed by atoms with Crippen molar-refractivity contribution < 1.29 is 13.2 Å². The van der Waals surface area contributed by atoms with Crippen LogP contribution in [0.2, 0.25) is 0 Å². The first-order valence-corrected chi connectivity index (χ1v) is 9.93. The van der Waals surface area contributed by atoms with Gasteiger partial charge in [-0.25, -0.2) is 8.42 Å². The van der Waals surface area contributed by atoms with Crippen molar-refractivity contribution in [3.8, 4) is 0 Å². The molecule has 0 saturated heterocycles. The number of nitrogens with one attached hydrogen (secondary N) is 1. The highest BCUT2D eigenvalue weighted by Crippen LogP contribution is 2.16. The van der Waals surface area contributed by atoms with Gasteiger partial charge in [0.25, 0.3) is 0 Å². The second kappa shape index (κ2) is 7.48. The van der Waals surface area contributed by atoms with Crippen LogP contribution in [0, 0.1) is 0 Å². The second-order valence-corrected chi connectivity index (χ2v) is 7.79. The molecule has 6 heteroatoms. The standard InChI is InChI=1S/C17H17NO3S2/c1-22-15-8-3-13(4-9-15)5-12-17(19)18-14-6-10-16(11-7-14)23(2,20)21/h3-12H,1-2H3,(H,18,19). The fraction of sp³-hybridized carbons (Fsp3) is 0.118. The summed E-state index contributed by atoms with van der Waals surface area (Å²) in [4.78, 5) is 13.3. The van der Waals surface area contributed by atoms with Crippen LogP contribution in [0.5, 0.6) is 0 Å². The number of hydrogen-bond acceptors (Lipinski definition) is 4. The lowest BCUT2D eigenvalue weighted by Crippen LogP contribution is -2.08. The molecule has 0 unspecified atom stereocenters. The van der Waals surface area contributed by atoms with E-state index in [0.717, 1.165) is 16.7 Å².